The van der Waals surface area contributed by atoms with Gasteiger partial charge in [-0.2, -0.15) is 0 Å². The van der Waals surface area contributed by atoms with Crippen molar-refractivity contribution in [3.05, 3.63) is 35.4 Å². The second kappa shape index (κ2) is 6.34. The van der Waals surface area contributed by atoms with E-state index < -0.39 is 21.4 Å². The highest BCUT2D eigenvalue weighted by atomic mass is 32.2. The Bertz CT molecular complexity index is 563. The first-order valence-corrected chi connectivity index (χ1v) is 7.71. The molecule has 1 rings (SSSR count). The number of carboxylic acid groups (broad SMARTS) is 1. The van der Waals surface area contributed by atoms with Crippen LogP contribution in [0, 0.1) is 5.41 Å². The Hall–Kier alpha value is -1.44. The van der Waals surface area contributed by atoms with Gasteiger partial charge in [0.2, 0.25) is 10.0 Å². The number of carbonyl (C=O) groups is 1. The number of sulfonamides is 1. The van der Waals surface area contributed by atoms with Crippen LogP contribution in [0.4, 0.5) is 0 Å². The van der Waals surface area contributed by atoms with E-state index in [4.69, 9.17) is 10.2 Å². The van der Waals surface area contributed by atoms with Gasteiger partial charge in [0.15, 0.2) is 0 Å². The Morgan fingerprint density at radius 3 is 2.25 bits per heavy atom. The van der Waals surface area contributed by atoms with Crippen LogP contribution in [-0.2, 0) is 15.8 Å². The Kier molecular flexibility index (Phi) is 5.27. The summed E-state index contributed by atoms with van der Waals surface area (Å²) in [5, 5.41) is 17.8. The molecule has 0 saturated heterocycles. The minimum Gasteiger partial charge on any atom is -0.478 e. The summed E-state index contributed by atoms with van der Waals surface area (Å²) in [5.74, 6) is -1.28. The summed E-state index contributed by atoms with van der Waals surface area (Å²) in [6.07, 6.45) is 0. The molecule has 0 aliphatic heterocycles. The van der Waals surface area contributed by atoms with Crippen molar-refractivity contribution in [2.45, 2.75) is 19.6 Å². The van der Waals surface area contributed by atoms with E-state index in [1.165, 1.54) is 24.3 Å². The van der Waals surface area contributed by atoms with Crippen LogP contribution in [0.25, 0.3) is 0 Å². The smallest absolute Gasteiger partial charge is 0.335 e. The second-order valence-electron chi connectivity index (χ2n) is 5.40. The third-order valence-electron chi connectivity index (χ3n) is 2.76. The monoisotopic (exact) mass is 301 g/mol. The average Bonchev–Trinajstić information content (AvgIpc) is 2.37. The second-order valence-corrected chi connectivity index (χ2v) is 7.21. The van der Waals surface area contributed by atoms with E-state index in [9.17, 15) is 13.2 Å². The van der Waals surface area contributed by atoms with Crippen molar-refractivity contribution >= 4 is 16.0 Å². The Morgan fingerprint density at radius 1 is 1.25 bits per heavy atom. The van der Waals surface area contributed by atoms with Gasteiger partial charge in [0, 0.05) is 18.6 Å². The minimum absolute atomic E-state index is 0.112. The molecule has 0 atom stereocenters. The molecule has 6 nitrogen and oxygen atoms in total. The molecule has 0 aliphatic carbocycles. The summed E-state index contributed by atoms with van der Waals surface area (Å²) >= 11 is 0. The van der Waals surface area contributed by atoms with Gasteiger partial charge in [-0.05, 0) is 17.7 Å². The topological polar surface area (TPSA) is 104 Å². The van der Waals surface area contributed by atoms with E-state index in [0.29, 0.717) is 5.56 Å². The Labute approximate surface area is 118 Å². The molecular weight excluding hydrogens is 282 g/mol. The predicted octanol–water partition coefficient (Wildman–Crippen LogP) is 0.823. The zero-order valence-corrected chi connectivity index (χ0v) is 12.3. The van der Waals surface area contributed by atoms with Crippen molar-refractivity contribution in [2.24, 2.45) is 5.41 Å². The zero-order valence-electron chi connectivity index (χ0n) is 11.5. The van der Waals surface area contributed by atoms with Gasteiger partial charge in [0.25, 0.3) is 0 Å². The van der Waals surface area contributed by atoms with Crippen LogP contribution in [0.2, 0.25) is 0 Å². The summed E-state index contributed by atoms with van der Waals surface area (Å²) in [5.41, 5.74) is 0.0880. The first-order valence-electron chi connectivity index (χ1n) is 6.06. The molecule has 112 valence electrons. The molecule has 0 bridgehead atoms. The number of hydrogen-bond acceptors (Lipinski definition) is 4. The molecule has 0 radical (unpaired) electrons. The molecule has 1 aromatic carbocycles. The maximum atomic E-state index is 11.9. The maximum Gasteiger partial charge on any atom is 0.335 e. The van der Waals surface area contributed by atoms with Crippen LogP contribution in [0.3, 0.4) is 0 Å². The van der Waals surface area contributed by atoms with E-state index in [-0.39, 0.29) is 24.5 Å². The third-order valence-corrected chi connectivity index (χ3v) is 4.05. The van der Waals surface area contributed by atoms with Crippen molar-refractivity contribution < 1.29 is 23.4 Å². The van der Waals surface area contributed by atoms with E-state index in [2.05, 4.69) is 4.72 Å². The quantitative estimate of drug-likeness (QED) is 0.692. The molecule has 3 N–H and O–H groups in total. The number of nitrogens with one attached hydrogen (secondary N) is 1. The highest BCUT2D eigenvalue weighted by Crippen LogP contribution is 2.13. The lowest BCUT2D eigenvalue weighted by atomic mass is 9.96. The van der Waals surface area contributed by atoms with Crippen LogP contribution < -0.4 is 4.72 Å². The van der Waals surface area contributed by atoms with Crippen molar-refractivity contribution in [3.8, 4) is 0 Å². The van der Waals surface area contributed by atoms with E-state index >= 15 is 0 Å². The lowest BCUT2D eigenvalue weighted by Gasteiger charge is -2.21. The molecular formula is C13H19NO5S. The Morgan fingerprint density at radius 2 is 1.80 bits per heavy atom. The molecule has 0 aromatic heterocycles. The summed E-state index contributed by atoms with van der Waals surface area (Å²) < 4.78 is 26.2. The summed E-state index contributed by atoms with van der Waals surface area (Å²) in [4.78, 5) is 10.7. The Balaban J connectivity index is 2.69. The lowest BCUT2D eigenvalue weighted by molar-refractivity contribution is 0.0697. The first-order chi connectivity index (χ1) is 9.15. The number of benzene rings is 1. The molecule has 20 heavy (non-hydrogen) atoms. The van der Waals surface area contributed by atoms with Crippen molar-refractivity contribution in [3.63, 3.8) is 0 Å². The lowest BCUT2D eigenvalue weighted by Crippen LogP contribution is -2.36. The zero-order chi connectivity index (χ0) is 15.4. The number of aromatic carboxylic acids is 1. The molecule has 0 heterocycles. The van der Waals surface area contributed by atoms with Crippen LogP contribution in [0.5, 0.6) is 0 Å². The largest absolute Gasteiger partial charge is 0.478 e. The van der Waals surface area contributed by atoms with E-state index in [1.807, 2.05) is 0 Å². The SMILES string of the molecule is CC(C)(CO)CNS(=O)(=O)Cc1ccc(C(=O)O)cc1. The van der Waals surface area contributed by atoms with Crippen LogP contribution in [0.15, 0.2) is 24.3 Å². The predicted molar refractivity (Wildman–Crippen MR) is 74.9 cm³/mol. The van der Waals surface area contributed by atoms with Gasteiger partial charge in [0.1, 0.15) is 0 Å². The highest BCUT2D eigenvalue weighted by Gasteiger charge is 2.20. The number of aliphatic hydroxyl groups excluding tert-OH is 1. The molecule has 0 unspecified atom stereocenters. The van der Waals surface area contributed by atoms with Crippen molar-refractivity contribution in [2.75, 3.05) is 13.2 Å². The fraction of sp³-hybridized carbons (Fsp3) is 0.462. The third kappa shape index (κ3) is 5.28. The first kappa shape index (κ1) is 16.6. The van der Waals surface area contributed by atoms with Gasteiger partial charge in [-0.1, -0.05) is 26.0 Å². The molecule has 1 aromatic rings. The standard InChI is InChI=1S/C13H19NO5S/c1-13(2,9-15)8-14-20(18,19)7-10-3-5-11(6-4-10)12(16)17/h3-6,14-15H,7-9H2,1-2H3,(H,16,17). The summed E-state index contributed by atoms with van der Waals surface area (Å²) in [6.45, 7) is 3.51. The molecule has 0 spiro atoms. The van der Waals surface area contributed by atoms with Crippen LogP contribution in [0.1, 0.15) is 29.8 Å². The van der Waals surface area contributed by atoms with Crippen LogP contribution >= 0.6 is 0 Å². The van der Waals surface area contributed by atoms with Gasteiger partial charge >= 0.3 is 5.97 Å². The number of hydrogen-bond donors (Lipinski definition) is 3. The molecule has 0 aliphatic rings. The van der Waals surface area contributed by atoms with Gasteiger partial charge < -0.3 is 10.2 Å². The number of carboxylic acids is 1. The van der Waals surface area contributed by atoms with Gasteiger partial charge in [-0.25, -0.2) is 17.9 Å². The van der Waals surface area contributed by atoms with E-state index in [0.717, 1.165) is 0 Å². The highest BCUT2D eigenvalue weighted by molar-refractivity contribution is 7.88. The number of aliphatic hydroxyl groups is 1. The molecule has 0 amide bonds. The van der Waals surface area contributed by atoms with Gasteiger partial charge in [0.05, 0.1) is 11.3 Å². The summed E-state index contributed by atoms with van der Waals surface area (Å²) in [6, 6.07) is 5.68. The fourth-order valence-electron chi connectivity index (χ4n) is 1.38. The van der Waals surface area contributed by atoms with Crippen LogP contribution in [-0.4, -0.2) is 37.8 Å². The van der Waals surface area contributed by atoms with Gasteiger partial charge in [-0.15, -0.1) is 0 Å². The van der Waals surface area contributed by atoms with E-state index in [1.54, 1.807) is 13.8 Å². The van der Waals surface area contributed by atoms with Crippen molar-refractivity contribution in [1.29, 1.82) is 0 Å². The molecule has 0 fully saturated rings. The maximum absolute atomic E-state index is 11.9. The molecule has 0 saturated carbocycles. The normalized spacial score (nSPS) is 12.3. The average molecular weight is 301 g/mol. The summed E-state index contributed by atoms with van der Waals surface area (Å²) in [7, 11) is -3.52. The molecule has 7 heteroatoms. The van der Waals surface area contributed by atoms with Gasteiger partial charge in [-0.3, -0.25) is 0 Å². The van der Waals surface area contributed by atoms with Crippen molar-refractivity contribution in [1.82, 2.24) is 4.72 Å². The number of rotatable bonds is 7. The minimum atomic E-state index is -3.52. The fourth-order valence-corrected chi connectivity index (χ4v) is 2.72.